The summed E-state index contributed by atoms with van der Waals surface area (Å²) in [6.07, 6.45) is -0.711. The fourth-order valence-electron chi connectivity index (χ4n) is 1.68. The monoisotopic (exact) mass is 355 g/mol. The van der Waals surface area contributed by atoms with Gasteiger partial charge in [-0.1, -0.05) is 34.9 Å². The van der Waals surface area contributed by atoms with Crippen LogP contribution in [0.3, 0.4) is 0 Å². The third-order valence-electron chi connectivity index (χ3n) is 2.59. The van der Waals surface area contributed by atoms with Gasteiger partial charge >= 0.3 is 6.09 Å². The molecular weight excluding hydrogens is 342 g/mol. The Kier molecular flexibility index (Phi) is 6.45. The number of ether oxygens (including phenoxy) is 1. The van der Waals surface area contributed by atoms with Crippen LogP contribution in [-0.2, 0) is 31.7 Å². The quantitative estimate of drug-likeness (QED) is 0.649. The van der Waals surface area contributed by atoms with E-state index < -0.39 is 22.0 Å². The lowest BCUT2D eigenvalue weighted by atomic mass is 10.2. The number of rotatable bonds is 5. The van der Waals surface area contributed by atoms with Crippen LogP contribution in [0, 0.1) is 0 Å². The third kappa shape index (κ3) is 5.59. The van der Waals surface area contributed by atoms with Crippen molar-refractivity contribution in [1.82, 2.24) is 5.32 Å². The number of hydrogen-bond donors (Lipinski definition) is 1. The van der Waals surface area contributed by atoms with Gasteiger partial charge in [0.05, 0.1) is 19.2 Å². The molecule has 0 saturated carbocycles. The van der Waals surface area contributed by atoms with Crippen molar-refractivity contribution in [3.8, 4) is 0 Å². The SMILES string of the molecule is CO/N=S1/C=C(CC(=O)Cl)N=C1NC(=O)OCc1ccccc1. The van der Waals surface area contributed by atoms with E-state index in [0.29, 0.717) is 5.70 Å². The zero-order valence-electron chi connectivity index (χ0n) is 12.2. The summed E-state index contributed by atoms with van der Waals surface area (Å²) in [6.45, 7) is 0.135. The van der Waals surface area contributed by atoms with E-state index in [2.05, 4.69) is 14.8 Å². The number of alkyl carbamates (subject to hydrolysis) is 1. The number of carbonyl (C=O) groups is 2. The Labute approximate surface area is 140 Å². The molecule has 1 atom stereocenters. The highest BCUT2D eigenvalue weighted by molar-refractivity contribution is 8.05. The average molecular weight is 356 g/mol. The smallest absolute Gasteiger partial charge is 0.413 e. The van der Waals surface area contributed by atoms with E-state index in [1.807, 2.05) is 30.3 Å². The normalized spacial score (nSPS) is 16.7. The molecule has 1 heterocycles. The van der Waals surface area contributed by atoms with Crippen molar-refractivity contribution in [2.24, 2.45) is 9.52 Å². The number of nitrogens with zero attached hydrogens (tertiary/aromatic N) is 2. The van der Waals surface area contributed by atoms with E-state index in [1.54, 1.807) is 5.41 Å². The summed E-state index contributed by atoms with van der Waals surface area (Å²) in [5.41, 5.74) is 1.29. The standard InChI is InChI=1S/C14H14ClN3O4S/c1-21-18-23-9-11(7-12(15)19)16-13(23)17-14(20)22-8-10-5-3-2-4-6-10/h2-6,9H,7-8H2,1H3,(H,16,17,20). The van der Waals surface area contributed by atoms with E-state index in [1.165, 1.54) is 7.11 Å². The van der Waals surface area contributed by atoms with Crippen molar-refractivity contribution in [3.63, 3.8) is 0 Å². The summed E-state index contributed by atoms with van der Waals surface area (Å²) in [5.74, 6) is 0. The molecule has 23 heavy (non-hydrogen) atoms. The predicted molar refractivity (Wildman–Crippen MR) is 87.6 cm³/mol. The Morgan fingerprint density at radius 3 is 2.74 bits per heavy atom. The predicted octanol–water partition coefficient (Wildman–Crippen LogP) is 2.64. The number of aliphatic imine (C=N–C) groups is 1. The van der Waals surface area contributed by atoms with Crippen LogP contribution in [0.4, 0.5) is 4.79 Å². The van der Waals surface area contributed by atoms with Gasteiger partial charge < -0.3 is 4.74 Å². The topological polar surface area (TPSA) is 89.4 Å². The minimum atomic E-state index is -0.912. The fraction of sp³-hybridized carbons (Fsp3) is 0.214. The molecule has 9 heteroatoms. The number of hydrogen-bond acceptors (Lipinski definition) is 6. The molecule has 1 amide bonds. The van der Waals surface area contributed by atoms with Crippen molar-refractivity contribution in [2.45, 2.75) is 13.0 Å². The zero-order chi connectivity index (χ0) is 16.7. The van der Waals surface area contributed by atoms with Gasteiger partial charge in [0, 0.05) is 16.1 Å². The lowest BCUT2D eigenvalue weighted by Crippen LogP contribution is -2.32. The number of benzene rings is 1. The fourth-order valence-corrected chi connectivity index (χ4v) is 2.99. The van der Waals surface area contributed by atoms with Gasteiger partial charge in [-0.25, -0.2) is 14.6 Å². The molecule has 0 spiro atoms. The molecule has 0 bridgehead atoms. The first-order valence-corrected chi connectivity index (χ1v) is 8.13. The van der Waals surface area contributed by atoms with E-state index in [-0.39, 0.29) is 18.2 Å². The van der Waals surface area contributed by atoms with E-state index in [4.69, 9.17) is 21.2 Å². The van der Waals surface area contributed by atoms with Crippen molar-refractivity contribution in [1.29, 1.82) is 0 Å². The molecule has 1 aromatic rings. The number of carbonyl (C=O) groups excluding carboxylic acids is 2. The first-order chi connectivity index (χ1) is 11.1. The van der Waals surface area contributed by atoms with Crippen LogP contribution < -0.4 is 5.32 Å². The van der Waals surface area contributed by atoms with E-state index >= 15 is 0 Å². The second-order valence-corrected chi connectivity index (χ2v) is 6.14. The first kappa shape index (κ1) is 17.3. The van der Waals surface area contributed by atoms with Crippen molar-refractivity contribution in [3.05, 3.63) is 47.0 Å². The molecular formula is C14H14ClN3O4S. The van der Waals surface area contributed by atoms with Crippen LogP contribution in [0.5, 0.6) is 0 Å². The Morgan fingerprint density at radius 2 is 2.09 bits per heavy atom. The van der Waals surface area contributed by atoms with Crippen LogP contribution in [0.15, 0.2) is 51.0 Å². The number of halogens is 1. The lowest BCUT2D eigenvalue weighted by molar-refractivity contribution is -0.111. The molecule has 0 aromatic heterocycles. The average Bonchev–Trinajstić information content (AvgIpc) is 2.87. The van der Waals surface area contributed by atoms with Crippen LogP contribution >= 0.6 is 11.6 Å². The highest BCUT2D eigenvalue weighted by atomic mass is 35.5. The number of amides is 1. The minimum Gasteiger partial charge on any atom is -0.444 e. The van der Waals surface area contributed by atoms with Crippen molar-refractivity contribution >= 4 is 38.8 Å². The van der Waals surface area contributed by atoms with Crippen molar-refractivity contribution in [2.75, 3.05) is 7.11 Å². The van der Waals surface area contributed by atoms with E-state index in [9.17, 15) is 9.59 Å². The van der Waals surface area contributed by atoms with Crippen LogP contribution in [0.25, 0.3) is 0 Å². The van der Waals surface area contributed by atoms with Gasteiger partial charge in [-0.15, -0.1) is 0 Å². The zero-order valence-corrected chi connectivity index (χ0v) is 13.8. The van der Waals surface area contributed by atoms with Gasteiger partial charge in [0.1, 0.15) is 6.61 Å². The maximum absolute atomic E-state index is 11.8. The molecule has 1 aliphatic rings. The van der Waals surface area contributed by atoms with Crippen LogP contribution in [0.1, 0.15) is 12.0 Å². The van der Waals surface area contributed by atoms with Crippen molar-refractivity contribution < 1.29 is 19.2 Å². The Morgan fingerprint density at radius 1 is 1.35 bits per heavy atom. The van der Waals surface area contributed by atoms with Gasteiger partial charge in [-0.2, -0.15) is 0 Å². The summed E-state index contributed by atoms with van der Waals surface area (Å²) in [6, 6.07) is 9.27. The van der Waals surface area contributed by atoms with Crippen LogP contribution in [0.2, 0.25) is 0 Å². The number of nitrogens with one attached hydrogen (secondary N) is 1. The highest BCUT2D eigenvalue weighted by Gasteiger charge is 2.20. The molecule has 1 N–H and O–H groups in total. The summed E-state index contributed by atoms with van der Waals surface area (Å²) in [4.78, 5) is 31.6. The molecule has 2 rings (SSSR count). The second kappa shape index (κ2) is 8.56. The van der Waals surface area contributed by atoms with Gasteiger partial charge in [0.2, 0.25) is 5.24 Å². The molecule has 1 aromatic carbocycles. The molecule has 122 valence electrons. The summed E-state index contributed by atoms with van der Waals surface area (Å²) >= 11 is 5.33. The highest BCUT2D eigenvalue weighted by Crippen LogP contribution is 2.17. The minimum absolute atomic E-state index is 0.0471. The Balaban J connectivity index is 1.96. The van der Waals surface area contributed by atoms with Gasteiger partial charge in [-0.3, -0.25) is 10.1 Å². The maximum Gasteiger partial charge on any atom is 0.413 e. The molecule has 0 fully saturated rings. The van der Waals surface area contributed by atoms with Gasteiger partial charge in [0.15, 0.2) is 5.17 Å². The summed E-state index contributed by atoms with van der Waals surface area (Å²) in [5, 5.41) is 3.82. The lowest BCUT2D eigenvalue weighted by Gasteiger charge is -2.07. The molecule has 1 unspecified atom stereocenters. The maximum atomic E-state index is 11.8. The van der Waals surface area contributed by atoms with E-state index in [0.717, 1.165) is 5.56 Å². The largest absolute Gasteiger partial charge is 0.444 e. The second-order valence-electron chi connectivity index (χ2n) is 4.32. The first-order valence-electron chi connectivity index (χ1n) is 6.51. The molecule has 0 aliphatic carbocycles. The third-order valence-corrected chi connectivity index (χ3v) is 4.12. The molecule has 7 nitrogen and oxygen atoms in total. The number of amidine groups is 1. The summed E-state index contributed by atoms with van der Waals surface area (Å²) < 4.78 is 8.94. The molecule has 1 aliphatic heterocycles. The Hall–Kier alpha value is -2.03. The number of allylic oxidation sites excluding steroid dienone is 1. The van der Waals surface area contributed by atoms with Gasteiger partial charge in [-0.05, 0) is 17.2 Å². The summed E-state index contributed by atoms with van der Waals surface area (Å²) in [7, 11) is 0.473. The van der Waals surface area contributed by atoms with Crippen LogP contribution in [-0.4, -0.2) is 23.6 Å². The van der Waals surface area contributed by atoms with Gasteiger partial charge in [0.25, 0.3) is 0 Å². The molecule has 0 radical (unpaired) electrons. The Bertz CT molecular complexity index is 689. The molecule has 0 saturated heterocycles.